The van der Waals surface area contributed by atoms with Gasteiger partial charge >= 0.3 is 0 Å². The Morgan fingerprint density at radius 2 is 1.73 bits per heavy atom. The SMILES string of the molecule is COC[C@H](C)Oc1cc(Oc2ccc(S(C)(=O)=O)cc2)cc(C(=N)N)c1. The van der Waals surface area contributed by atoms with E-state index in [1.807, 2.05) is 6.92 Å². The first-order chi connectivity index (χ1) is 12.2. The Kier molecular flexibility index (Phi) is 6.23. The molecule has 0 fully saturated rings. The van der Waals surface area contributed by atoms with Crippen molar-refractivity contribution in [1.29, 1.82) is 5.41 Å². The molecule has 7 nitrogen and oxygen atoms in total. The van der Waals surface area contributed by atoms with E-state index >= 15 is 0 Å². The number of sulfone groups is 1. The van der Waals surface area contributed by atoms with Gasteiger partial charge in [-0.2, -0.15) is 0 Å². The molecule has 0 aliphatic rings. The number of methoxy groups -OCH3 is 1. The first-order valence-corrected chi connectivity index (χ1v) is 9.71. The van der Waals surface area contributed by atoms with Gasteiger partial charge in [-0.25, -0.2) is 8.42 Å². The van der Waals surface area contributed by atoms with Crippen LogP contribution in [0.3, 0.4) is 0 Å². The number of hydrogen-bond acceptors (Lipinski definition) is 6. The van der Waals surface area contributed by atoms with Gasteiger partial charge in [-0.3, -0.25) is 5.41 Å². The van der Waals surface area contributed by atoms with Crippen molar-refractivity contribution in [3.63, 3.8) is 0 Å². The molecule has 0 unspecified atom stereocenters. The molecule has 3 N–H and O–H groups in total. The highest BCUT2D eigenvalue weighted by molar-refractivity contribution is 7.90. The maximum absolute atomic E-state index is 11.5. The lowest BCUT2D eigenvalue weighted by molar-refractivity contribution is 0.0919. The van der Waals surface area contributed by atoms with Crippen LogP contribution < -0.4 is 15.2 Å². The lowest BCUT2D eigenvalue weighted by Gasteiger charge is -2.16. The van der Waals surface area contributed by atoms with E-state index in [2.05, 4.69) is 0 Å². The van der Waals surface area contributed by atoms with Gasteiger partial charge < -0.3 is 19.9 Å². The van der Waals surface area contributed by atoms with Crippen LogP contribution in [0.1, 0.15) is 12.5 Å². The van der Waals surface area contributed by atoms with E-state index in [4.69, 9.17) is 25.4 Å². The van der Waals surface area contributed by atoms with Gasteiger partial charge in [0.1, 0.15) is 29.2 Å². The van der Waals surface area contributed by atoms with Gasteiger partial charge in [0.25, 0.3) is 0 Å². The summed E-state index contributed by atoms with van der Waals surface area (Å²) in [5.74, 6) is 1.25. The van der Waals surface area contributed by atoms with Gasteiger partial charge in [0, 0.05) is 25.0 Å². The highest BCUT2D eigenvalue weighted by Gasteiger charge is 2.11. The Balaban J connectivity index is 2.27. The molecule has 0 saturated heterocycles. The van der Waals surface area contributed by atoms with Crippen molar-refractivity contribution in [2.45, 2.75) is 17.9 Å². The second kappa shape index (κ2) is 8.20. The standard InChI is InChI=1S/C18H22N2O5S/c1-12(11-23-2)24-15-8-13(18(19)20)9-16(10-15)25-14-4-6-17(7-5-14)26(3,21)22/h4-10,12H,11H2,1-3H3,(H3,19,20)/t12-/m0/s1. The van der Waals surface area contributed by atoms with Gasteiger partial charge in [-0.05, 0) is 43.3 Å². The summed E-state index contributed by atoms with van der Waals surface area (Å²) in [4.78, 5) is 0.208. The van der Waals surface area contributed by atoms with E-state index in [-0.39, 0.29) is 16.8 Å². The third-order valence-electron chi connectivity index (χ3n) is 3.42. The summed E-state index contributed by atoms with van der Waals surface area (Å²) >= 11 is 0. The van der Waals surface area contributed by atoms with E-state index in [9.17, 15) is 8.42 Å². The normalized spacial score (nSPS) is 12.4. The third-order valence-corrected chi connectivity index (χ3v) is 4.55. The Morgan fingerprint density at radius 1 is 1.12 bits per heavy atom. The van der Waals surface area contributed by atoms with Crippen LogP contribution in [0.25, 0.3) is 0 Å². The molecule has 0 spiro atoms. The van der Waals surface area contributed by atoms with Gasteiger partial charge in [-0.1, -0.05) is 0 Å². The van der Waals surface area contributed by atoms with Crippen molar-refractivity contribution in [2.75, 3.05) is 20.0 Å². The van der Waals surface area contributed by atoms with E-state index in [0.717, 1.165) is 6.26 Å². The Bertz CT molecular complexity index is 879. The molecular weight excluding hydrogens is 356 g/mol. The molecule has 0 aromatic heterocycles. The average molecular weight is 378 g/mol. The zero-order chi connectivity index (χ0) is 19.3. The molecule has 2 rings (SSSR count). The molecule has 0 radical (unpaired) electrons. The highest BCUT2D eigenvalue weighted by Crippen LogP contribution is 2.28. The molecule has 0 bridgehead atoms. The van der Waals surface area contributed by atoms with Gasteiger partial charge in [0.15, 0.2) is 9.84 Å². The largest absolute Gasteiger partial charge is 0.488 e. The zero-order valence-electron chi connectivity index (χ0n) is 14.9. The van der Waals surface area contributed by atoms with Crippen molar-refractivity contribution in [3.05, 3.63) is 48.0 Å². The number of nitrogens with two attached hydrogens (primary N) is 1. The van der Waals surface area contributed by atoms with E-state index in [1.54, 1.807) is 37.4 Å². The van der Waals surface area contributed by atoms with E-state index < -0.39 is 9.84 Å². The van der Waals surface area contributed by atoms with Crippen LogP contribution in [0.15, 0.2) is 47.4 Å². The Hall–Kier alpha value is -2.58. The fraction of sp³-hybridized carbons (Fsp3) is 0.278. The molecule has 0 aliphatic heterocycles. The topological polar surface area (TPSA) is 112 Å². The summed E-state index contributed by atoms with van der Waals surface area (Å²) in [6, 6.07) is 11.0. The maximum Gasteiger partial charge on any atom is 0.175 e. The minimum absolute atomic E-state index is 0.118. The van der Waals surface area contributed by atoms with Crippen molar-refractivity contribution >= 4 is 15.7 Å². The number of rotatable bonds is 8. The zero-order valence-corrected chi connectivity index (χ0v) is 15.7. The van der Waals surface area contributed by atoms with Crippen LogP contribution in [0, 0.1) is 5.41 Å². The highest BCUT2D eigenvalue weighted by atomic mass is 32.2. The number of benzene rings is 2. The smallest absolute Gasteiger partial charge is 0.175 e. The summed E-state index contributed by atoms with van der Waals surface area (Å²) in [6.45, 7) is 2.27. The second-order valence-corrected chi connectivity index (χ2v) is 7.85. The molecule has 26 heavy (non-hydrogen) atoms. The fourth-order valence-electron chi connectivity index (χ4n) is 2.25. The molecule has 140 valence electrons. The van der Waals surface area contributed by atoms with Gasteiger partial charge in [-0.15, -0.1) is 0 Å². The number of nitrogens with one attached hydrogen (secondary N) is 1. The molecular formula is C18H22N2O5S. The van der Waals surface area contributed by atoms with Gasteiger partial charge in [0.2, 0.25) is 0 Å². The molecule has 2 aromatic carbocycles. The van der Waals surface area contributed by atoms with Crippen LogP contribution in [-0.4, -0.2) is 40.3 Å². The molecule has 1 atom stereocenters. The van der Waals surface area contributed by atoms with Crippen LogP contribution >= 0.6 is 0 Å². The predicted octanol–water partition coefficient (Wildman–Crippen LogP) is 2.58. The van der Waals surface area contributed by atoms with E-state index in [0.29, 0.717) is 29.4 Å². The molecule has 0 aliphatic carbocycles. The van der Waals surface area contributed by atoms with Crippen molar-refractivity contribution in [2.24, 2.45) is 5.73 Å². The average Bonchev–Trinajstić information content (AvgIpc) is 2.54. The third kappa shape index (κ3) is 5.47. The predicted molar refractivity (Wildman–Crippen MR) is 99.0 cm³/mol. The number of ether oxygens (including phenoxy) is 3. The fourth-order valence-corrected chi connectivity index (χ4v) is 2.88. The Morgan fingerprint density at radius 3 is 2.27 bits per heavy atom. The summed E-state index contributed by atoms with van der Waals surface area (Å²) in [5.41, 5.74) is 6.04. The molecule has 8 heteroatoms. The van der Waals surface area contributed by atoms with Gasteiger partial charge in [0.05, 0.1) is 11.5 Å². The van der Waals surface area contributed by atoms with Crippen LogP contribution in [0.5, 0.6) is 17.2 Å². The summed E-state index contributed by atoms with van der Waals surface area (Å²) < 4.78 is 39.6. The first-order valence-electron chi connectivity index (χ1n) is 7.82. The van der Waals surface area contributed by atoms with Crippen molar-refractivity contribution in [3.8, 4) is 17.2 Å². The summed E-state index contributed by atoms with van der Waals surface area (Å²) in [5, 5.41) is 7.64. The first kappa shape index (κ1) is 19.7. The summed E-state index contributed by atoms with van der Waals surface area (Å²) in [7, 11) is -1.68. The lowest BCUT2D eigenvalue weighted by atomic mass is 10.2. The molecule has 0 amide bonds. The minimum Gasteiger partial charge on any atom is -0.488 e. The van der Waals surface area contributed by atoms with Crippen molar-refractivity contribution < 1.29 is 22.6 Å². The molecule has 2 aromatic rings. The molecule has 0 saturated carbocycles. The van der Waals surface area contributed by atoms with E-state index in [1.165, 1.54) is 12.1 Å². The summed E-state index contributed by atoms with van der Waals surface area (Å²) in [6.07, 6.45) is 0.952. The minimum atomic E-state index is -3.27. The number of amidine groups is 1. The second-order valence-electron chi connectivity index (χ2n) is 5.84. The van der Waals surface area contributed by atoms with Crippen LogP contribution in [0.4, 0.5) is 0 Å². The van der Waals surface area contributed by atoms with Crippen LogP contribution in [0.2, 0.25) is 0 Å². The number of nitrogen functional groups attached to an aromatic ring is 1. The Labute approximate surface area is 153 Å². The quantitative estimate of drug-likeness (QED) is 0.539. The molecule has 0 heterocycles. The monoisotopic (exact) mass is 378 g/mol. The van der Waals surface area contributed by atoms with Crippen molar-refractivity contribution in [1.82, 2.24) is 0 Å². The number of hydrogen-bond donors (Lipinski definition) is 2. The van der Waals surface area contributed by atoms with Crippen LogP contribution in [-0.2, 0) is 14.6 Å². The maximum atomic E-state index is 11.5. The lowest BCUT2D eigenvalue weighted by Crippen LogP contribution is -2.18.